The summed E-state index contributed by atoms with van der Waals surface area (Å²) in [5, 5.41) is 10.6. The van der Waals surface area contributed by atoms with Crippen LogP contribution < -0.4 is 11.1 Å². The number of carbonyl (C=O) groups excluding carboxylic acids is 3. The Labute approximate surface area is 159 Å². The molecule has 144 valence electrons. The quantitative estimate of drug-likeness (QED) is 0.495. The van der Waals surface area contributed by atoms with Gasteiger partial charge in [0.05, 0.1) is 25.0 Å². The Hall–Kier alpha value is -3.08. The first-order valence-corrected chi connectivity index (χ1v) is 8.88. The topological polar surface area (TPSA) is 138 Å². The number of methoxy groups -OCH3 is 1. The lowest BCUT2D eigenvalue weighted by molar-refractivity contribution is -0.137. The molecule has 3 N–H and O–H groups in total. The van der Waals surface area contributed by atoms with Crippen LogP contribution in [0.15, 0.2) is 29.4 Å². The number of hydrogen-bond acceptors (Lipinski definition) is 9. The molecule has 1 aromatic carbocycles. The van der Waals surface area contributed by atoms with E-state index in [2.05, 4.69) is 20.3 Å². The summed E-state index contributed by atoms with van der Waals surface area (Å²) in [5.74, 6) is -1.16. The number of nitrogen functional groups attached to an aromatic ring is 1. The van der Waals surface area contributed by atoms with E-state index < -0.39 is 11.9 Å². The Kier molecular flexibility index (Phi) is 7.17. The van der Waals surface area contributed by atoms with Crippen molar-refractivity contribution in [3.05, 3.63) is 29.8 Å². The maximum absolute atomic E-state index is 12.3. The average Bonchev–Trinajstić information content (AvgIpc) is 3.00. The first-order chi connectivity index (χ1) is 12.9. The summed E-state index contributed by atoms with van der Waals surface area (Å²) in [6.07, 6.45) is 0. The van der Waals surface area contributed by atoms with Crippen LogP contribution in [0.5, 0.6) is 0 Å². The number of esters is 2. The average molecular weight is 393 g/mol. The van der Waals surface area contributed by atoms with E-state index in [-0.39, 0.29) is 30.8 Å². The third-order valence-corrected chi connectivity index (χ3v) is 4.21. The molecule has 2 rings (SSSR count). The number of nitrogens with zero attached hydrogens (tertiary/aromatic N) is 3. The molecule has 0 aliphatic heterocycles. The minimum Gasteiger partial charge on any atom is -0.468 e. The molecule has 0 spiro atoms. The lowest BCUT2D eigenvalue weighted by atomic mass is 10.2. The van der Waals surface area contributed by atoms with Gasteiger partial charge in [-0.25, -0.2) is 4.79 Å². The molecule has 0 radical (unpaired) electrons. The standard InChI is InChI=1S/C16H19N5O5S/c1-3-26-14(24)10-4-6-11(7-5-10)18-12(22)8-21-15(17)19-20-16(21)27-9-13(23)25-2/h4-7H,3,8-9H2,1-2H3,(H2,17,19)(H,18,22). The zero-order valence-electron chi connectivity index (χ0n) is 14.8. The van der Waals surface area contributed by atoms with Gasteiger partial charge in [0.15, 0.2) is 5.16 Å². The van der Waals surface area contributed by atoms with Gasteiger partial charge >= 0.3 is 11.9 Å². The van der Waals surface area contributed by atoms with E-state index in [1.54, 1.807) is 31.2 Å². The molecule has 0 fully saturated rings. The monoisotopic (exact) mass is 393 g/mol. The van der Waals surface area contributed by atoms with Crippen LogP contribution in [0.25, 0.3) is 0 Å². The second-order valence-corrected chi connectivity index (χ2v) is 6.08. The van der Waals surface area contributed by atoms with Crippen LogP contribution in [0, 0.1) is 0 Å². The molecule has 0 unspecified atom stereocenters. The van der Waals surface area contributed by atoms with Gasteiger partial charge in [-0.05, 0) is 31.2 Å². The molecule has 2 aromatic rings. The van der Waals surface area contributed by atoms with Crippen molar-refractivity contribution >= 4 is 41.2 Å². The lowest BCUT2D eigenvalue weighted by Crippen LogP contribution is -2.20. The highest BCUT2D eigenvalue weighted by molar-refractivity contribution is 7.99. The minimum atomic E-state index is -0.431. The van der Waals surface area contributed by atoms with E-state index in [1.807, 2.05) is 0 Å². The van der Waals surface area contributed by atoms with Crippen molar-refractivity contribution < 1.29 is 23.9 Å². The van der Waals surface area contributed by atoms with E-state index in [0.29, 0.717) is 16.4 Å². The van der Waals surface area contributed by atoms with Gasteiger partial charge in [-0.1, -0.05) is 11.8 Å². The molecule has 27 heavy (non-hydrogen) atoms. The van der Waals surface area contributed by atoms with Crippen LogP contribution in [0.4, 0.5) is 11.6 Å². The zero-order valence-corrected chi connectivity index (χ0v) is 15.6. The molecule has 0 saturated heterocycles. The molecule has 1 amide bonds. The van der Waals surface area contributed by atoms with Crippen molar-refractivity contribution in [3.63, 3.8) is 0 Å². The Morgan fingerprint density at radius 3 is 2.56 bits per heavy atom. The Morgan fingerprint density at radius 1 is 1.22 bits per heavy atom. The van der Waals surface area contributed by atoms with Crippen LogP contribution in [0.1, 0.15) is 17.3 Å². The van der Waals surface area contributed by atoms with Crippen molar-refractivity contribution in [1.82, 2.24) is 14.8 Å². The fraction of sp³-hybridized carbons (Fsp3) is 0.312. The molecule has 0 bridgehead atoms. The predicted octanol–water partition coefficient (Wildman–Crippen LogP) is 0.941. The maximum atomic E-state index is 12.3. The smallest absolute Gasteiger partial charge is 0.338 e. The summed E-state index contributed by atoms with van der Waals surface area (Å²) in [7, 11) is 1.28. The fourth-order valence-electron chi connectivity index (χ4n) is 1.99. The Bertz CT molecular complexity index is 821. The number of amides is 1. The summed E-state index contributed by atoms with van der Waals surface area (Å²) >= 11 is 1.06. The van der Waals surface area contributed by atoms with E-state index >= 15 is 0 Å². The summed E-state index contributed by atoms with van der Waals surface area (Å²) in [5.41, 5.74) is 6.62. The first kappa shape index (κ1) is 20.2. The van der Waals surface area contributed by atoms with E-state index in [0.717, 1.165) is 11.8 Å². The molecule has 1 aromatic heterocycles. The molecule has 0 aliphatic rings. The molecular formula is C16H19N5O5S. The first-order valence-electron chi connectivity index (χ1n) is 7.90. The number of ether oxygens (including phenoxy) is 2. The van der Waals surface area contributed by atoms with Crippen molar-refractivity contribution in [1.29, 1.82) is 0 Å². The van der Waals surface area contributed by atoms with E-state index in [1.165, 1.54) is 11.7 Å². The molecule has 0 atom stereocenters. The SMILES string of the molecule is CCOC(=O)c1ccc(NC(=O)Cn2c(N)nnc2SCC(=O)OC)cc1. The molecule has 0 saturated carbocycles. The van der Waals surface area contributed by atoms with Gasteiger partial charge in [0.1, 0.15) is 6.54 Å². The van der Waals surface area contributed by atoms with Gasteiger partial charge in [0.2, 0.25) is 11.9 Å². The second-order valence-electron chi connectivity index (χ2n) is 5.14. The van der Waals surface area contributed by atoms with Gasteiger partial charge in [-0.3, -0.25) is 14.2 Å². The third kappa shape index (κ3) is 5.71. The number of nitrogens with two attached hydrogens (primary N) is 1. The minimum absolute atomic E-state index is 0.0194. The highest BCUT2D eigenvalue weighted by atomic mass is 32.2. The summed E-state index contributed by atoms with van der Waals surface area (Å²) in [6, 6.07) is 6.29. The maximum Gasteiger partial charge on any atom is 0.338 e. The number of aromatic nitrogens is 3. The number of rotatable bonds is 8. The number of nitrogens with one attached hydrogen (secondary N) is 1. The largest absolute Gasteiger partial charge is 0.468 e. The molecular weight excluding hydrogens is 374 g/mol. The number of carbonyl (C=O) groups is 3. The van der Waals surface area contributed by atoms with Crippen LogP contribution in [0.2, 0.25) is 0 Å². The molecule has 1 heterocycles. The number of anilines is 2. The van der Waals surface area contributed by atoms with Crippen LogP contribution in [-0.4, -0.2) is 52.1 Å². The highest BCUT2D eigenvalue weighted by Crippen LogP contribution is 2.18. The molecule has 11 heteroatoms. The highest BCUT2D eigenvalue weighted by Gasteiger charge is 2.15. The third-order valence-electron chi connectivity index (χ3n) is 3.27. The zero-order chi connectivity index (χ0) is 19.8. The molecule has 0 aliphatic carbocycles. The summed E-state index contributed by atoms with van der Waals surface area (Å²) < 4.78 is 10.8. The van der Waals surface area contributed by atoms with Crippen molar-refractivity contribution in [2.45, 2.75) is 18.6 Å². The Morgan fingerprint density at radius 2 is 1.93 bits per heavy atom. The normalized spacial score (nSPS) is 10.3. The van der Waals surface area contributed by atoms with Gasteiger partial charge in [0.25, 0.3) is 0 Å². The van der Waals surface area contributed by atoms with Gasteiger partial charge < -0.3 is 20.5 Å². The Balaban J connectivity index is 1.98. The molecule has 10 nitrogen and oxygen atoms in total. The van der Waals surface area contributed by atoms with Crippen molar-refractivity contribution in [3.8, 4) is 0 Å². The second kappa shape index (κ2) is 9.57. The fourth-order valence-corrected chi connectivity index (χ4v) is 2.76. The number of benzene rings is 1. The summed E-state index contributed by atoms with van der Waals surface area (Å²) in [4.78, 5) is 35.1. The van der Waals surface area contributed by atoms with Crippen molar-refractivity contribution in [2.75, 3.05) is 30.5 Å². The van der Waals surface area contributed by atoms with Crippen LogP contribution in [0.3, 0.4) is 0 Å². The van der Waals surface area contributed by atoms with Crippen molar-refractivity contribution in [2.24, 2.45) is 0 Å². The van der Waals surface area contributed by atoms with E-state index in [4.69, 9.17) is 10.5 Å². The lowest BCUT2D eigenvalue weighted by Gasteiger charge is -2.09. The predicted molar refractivity (Wildman–Crippen MR) is 98.2 cm³/mol. The van der Waals surface area contributed by atoms with E-state index in [9.17, 15) is 14.4 Å². The van der Waals surface area contributed by atoms with Gasteiger partial charge in [-0.15, -0.1) is 10.2 Å². The summed E-state index contributed by atoms with van der Waals surface area (Å²) in [6.45, 7) is 1.87. The number of thioether (sulfide) groups is 1. The van der Waals surface area contributed by atoms with Gasteiger partial charge in [0, 0.05) is 5.69 Å². The van der Waals surface area contributed by atoms with Crippen LogP contribution >= 0.6 is 11.8 Å². The van der Waals surface area contributed by atoms with Gasteiger partial charge in [-0.2, -0.15) is 0 Å². The van der Waals surface area contributed by atoms with Crippen LogP contribution in [-0.2, 0) is 25.6 Å². The number of hydrogen-bond donors (Lipinski definition) is 2.